The first kappa shape index (κ1) is 12.0. The molecule has 1 heteroatoms. The predicted octanol–water partition coefficient (Wildman–Crippen LogP) is 3.20. The minimum Gasteiger partial charge on any atom is -0.314 e. The van der Waals surface area contributed by atoms with E-state index < -0.39 is 0 Å². The molecule has 1 unspecified atom stereocenters. The topological polar surface area (TPSA) is 12.0 Å². The number of nitrogens with one attached hydrogen (secondary N) is 1. The van der Waals surface area contributed by atoms with Gasteiger partial charge >= 0.3 is 0 Å². The number of unbranched alkanes of at least 4 members (excludes halogenated alkanes) is 1. The standard InChI is InChI=1S/C11H25N/c1-5-7-8-11(6-2)12-9-10(3)4/h10-12H,5-9H2,1-4H3. The molecule has 0 aliphatic rings. The van der Waals surface area contributed by atoms with Gasteiger partial charge in [-0.25, -0.2) is 0 Å². The smallest absolute Gasteiger partial charge is 0.00645 e. The van der Waals surface area contributed by atoms with Crippen molar-refractivity contribution in [1.29, 1.82) is 0 Å². The van der Waals surface area contributed by atoms with Crippen molar-refractivity contribution in [3.8, 4) is 0 Å². The Balaban J connectivity index is 3.39. The van der Waals surface area contributed by atoms with E-state index >= 15 is 0 Å². The molecule has 0 rings (SSSR count). The zero-order valence-electron chi connectivity index (χ0n) is 9.19. The molecule has 1 nitrogen and oxygen atoms in total. The fourth-order valence-electron chi connectivity index (χ4n) is 1.30. The Bertz CT molecular complexity index is 89.0. The number of hydrogen-bond acceptors (Lipinski definition) is 1. The van der Waals surface area contributed by atoms with Crippen molar-refractivity contribution in [3.05, 3.63) is 0 Å². The first-order valence-electron chi connectivity index (χ1n) is 5.44. The summed E-state index contributed by atoms with van der Waals surface area (Å²) in [4.78, 5) is 0. The third-order valence-electron chi connectivity index (χ3n) is 2.21. The van der Waals surface area contributed by atoms with E-state index in [0.717, 1.165) is 12.0 Å². The first-order chi connectivity index (χ1) is 5.70. The van der Waals surface area contributed by atoms with E-state index in [0.29, 0.717) is 0 Å². The molecule has 0 aromatic carbocycles. The average Bonchev–Trinajstić information content (AvgIpc) is 2.05. The summed E-state index contributed by atoms with van der Waals surface area (Å²) < 4.78 is 0. The third-order valence-corrected chi connectivity index (χ3v) is 2.21. The van der Waals surface area contributed by atoms with E-state index in [1.54, 1.807) is 0 Å². The molecule has 12 heavy (non-hydrogen) atoms. The van der Waals surface area contributed by atoms with Gasteiger partial charge in [0.2, 0.25) is 0 Å². The zero-order valence-corrected chi connectivity index (χ0v) is 9.19. The van der Waals surface area contributed by atoms with Gasteiger partial charge in [-0.2, -0.15) is 0 Å². The summed E-state index contributed by atoms with van der Waals surface area (Å²) in [5.74, 6) is 0.778. The van der Waals surface area contributed by atoms with Crippen LogP contribution in [0.5, 0.6) is 0 Å². The fourth-order valence-corrected chi connectivity index (χ4v) is 1.30. The third kappa shape index (κ3) is 6.66. The summed E-state index contributed by atoms with van der Waals surface area (Å²) >= 11 is 0. The van der Waals surface area contributed by atoms with Crippen LogP contribution in [0.2, 0.25) is 0 Å². The van der Waals surface area contributed by atoms with Crippen LogP contribution in [-0.4, -0.2) is 12.6 Å². The maximum atomic E-state index is 3.60. The van der Waals surface area contributed by atoms with Crippen LogP contribution in [-0.2, 0) is 0 Å². The Labute approximate surface area is 77.9 Å². The van der Waals surface area contributed by atoms with E-state index in [1.165, 1.54) is 32.2 Å². The van der Waals surface area contributed by atoms with E-state index in [1.807, 2.05) is 0 Å². The Kier molecular flexibility index (Phi) is 7.58. The summed E-state index contributed by atoms with van der Waals surface area (Å²) in [6.07, 6.45) is 5.30. The van der Waals surface area contributed by atoms with E-state index in [2.05, 4.69) is 33.0 Å². The summed E-state index contributed by atoms with van der Waals surface area (Å²) in [5.41, 5.74) is 0. The average molecular weight is 171 g/mol. The van der Waals surface area contributed by atoms with Crippen molar-refractivity contribution >= 4 is 0 Å². The van der Waals surface area contributed by atoms with Crippen LogP contribution in [0.25, 0.3) is 0 Å². The van der Waals surface area contributed by atoms with Gasteiger partial charge in [0.15, 0.2) is 0 Å². The van der Waals surface area contributed by atoms with Crippen LogP contribution < -0.4 is 5.32 Å². The molecule has 0 aromatic heterocycles. The van der Waals surface area contributed by atoms with Gasteiger partial charge in [0, 0.05) is 6.04 Å². The van der Waals surface area contributed by atoms with Gasteiger partial charge in [-0.15, -0.1) is 0 Å². The van der Waals surface area contributed by atoms with E-state index in [-0.39, 0.29) is 0 Å². The predicted molar refractivity (Wildman–Crippen MR) is 56.4 cm³/mol. The highest BCUT2D eigenvalue weighted by atomic mass is 14.9. The summed E-state index contributed by atoms with van der Waals surface area (Å²) in [6, 6.07) is 0.757. The number of rotatable bonds is 7. The van der Waals surface area contributed by atoms with Crippen LogP contribution in [0.1, 0.15) is 53.4 Å². The van der Waals surface area contributed by atoms with Gasteiger partial charge in [0.1, 0.15) is 0 Å². The second-order valence-corrected chi connectivity index (χ2v) is 4.05. The highest BCUT2D eigenvalue weighted by Gasteiger charge is 2.04. The molecular formula is C11H25N. The molecule has 0 radical (unpaired) electrons. The van der Waals surface area contributed by atoms with E-state index in [4.69, 9.17) is 0 Å². The molecule has 0 aliphatic carbocycles. The molecule has 0 aromatic rings. The van der Waals surface area contributed by atoms with Crippen molar-refractivity contribution in [2.24, 2.45) is 5.92 Å². The Hall–Kier alpha value is -0.0400. The minimum atomic E-state index is 0.757. The second-order valence-electron chi connectivity index (χ2n) is 4.05. The molecule has 0 bridgehead atoms. The van der Waals surface area contributed by atoms with Crippen molar-refractivity contribution in [2.45, 2.75) is 59.4 Å². The molecule has 74 valence electrons. The largest absolute Gasteiger partial charge is 0.314 e. The van der Waals surface area contributed by atoms with Crippen LogP contribution in [0.4, 0.5) is 0 Å². The normalized spacial score (nSPS) is 13.8. The monoisotopic (exact) mass is 171 g/mol. The van der Waals surface area contributed by atoms with Gasteiger partial charge in [0.25, 0.3) is 0 Å². The molecule has 0 heterocycles. The summed E-state index contributed by atoms with van der Waals surface area (Å²) in [6.45, 7) is 10.2. The molecule has 1 atom stereocenters. The SMILES string of the molecule is CCCCC(CC)NCC(C)C. The maximum absolute atomic E-state index is 3.60. The molecule has 0 saturated carbocycles. The Morgan fingerprint density at radius 3 is 2.25 bits per heavy atom. The molecule has 0 saturated heterocycles. The molecule has 0 aliphatic heterocycles. The summed E-state index contributed by atoms with van der Waals surface area (Å²) in [5, 5.41) is 3.60. The zero-order chi connectivity index (χ0) is 9.40. The van der Waals surface area contributed by atoms with Crippen molar-refractivity contribution < 1.29 is 0 Å². The van der Waals surface area contributed by atoms with Crippen LogP contribution >= 0.6 is 0 Å². The highest BCUT2D eigenvalue weighted by molar-refractivity contribution is 4.65. The van der Waals surface area contributed by atoms with Gasteiger partial charge in [0.05, 0.1) is 0 Å². The maximum Gasteiger partial charge on any atom is 0.00645 e. The molecule has 0 amide bonds. The second kappa shape index (κ2) is 7.60. The van der Waals surface area contributed by atoms with Gasteiger partial charge in [-0.05, 0) is 25.3 Å². The molecule has 0 spiro atoms. The van der Waals surface area contributed by atoms with Crippen LogP contribution in [0, 0.1) is 5.92 Å². The Morgan fingerprint density at radius 2 is 1.83 bits per heavy atom. The van der Waals surface area contributed by atoms with Gasteiger partial charge in [-0.3, -0.25) is 0 Å². The quantitative estimate of drug-likeness (QED) is 0.620. The lowest BCUT2D eigenvalue weighted by Crippen LogP contribution is -2.31. The van der Waals surface area contributed by atoms with Crippen LogP contribution in [0.15, 0.2) is 0 Å². The molecule has 0 fully saturated rings. The lowest BCUT2D eigenvalue weighted by atomic mass is 10.1. The lowest BCUT2D eigenvalue weighted by molar-refractivity contribution is 0.421. The first-order valence-corrected chi connectivity index (χ1v) is 5.44. The van der Waals surface area contributed by atoms with E-state index in [9.17, 15) is 0 Å². The van der Waals surface area contributed by atoms with Gasteiger partial charge < -0.3 is 5.32 Å². The van der Waals surface area contributed by atoms with Crippen LogP contribution in [0.3, 0.4) is 0 Å². The number of hydrogen-bond donors (Lipinski definition) is 1. The Morgan fingerprint density at radius 1 is 1.17 bits per heavy atom. The van der Waals surface area contributed by atoms with Crippen molar-refractivity contribution in [1.82, 2.24) is 5.32 Å². The van der Waals surface area contributed by atoms with Crippen molar-refractivity contribution in [2.75, 3.05) is 6.54 Å². The van der Waals surface area contributed by atoms with Gasteiger partial charge in [-0.1, -0.05) is 40.5 Å². The summed E-state index contributed by atoms with van der Waals surface area (Å²) in [7, 11) is 0. The fraction of sp³-hybridized carbons (Fsp3) is 1.00. The lowest BCUT2D eigenvalue weighted by Gasteiger charge is -2.17. The minimum absolute atomic E-state index is 0.757. The van der Waals surface area contributed by atoms with Crippen molar-refractivity contribution in [3.63, 3.8) is 0 Å². The molecular weight excluding hydrogens is 146 g/mol. The molecule has 1 N–H and O–H groups in total. The highest BCUT2D eigenvalue weighted by Crippen LogP contribution is 2.04.